The number of hydrogen-bond acceptors (Lipinski definition) is 2. The summed E-state index contributed by atoms with van der Waals surface area (Å²) < 4.78 is 0. The predicted octanol–water partition coefficient (Wildman–Crippen LogP) is 3.81. The van der Waals surface area contributed by atoms with Crippen molar-refractivity contribution < 1.29 is 10.2 Å². The van der Waals surface area contributed by atoms with Crippen molar-refractivity contribution in [1.82, 2.24) is 0 Å². The highest BCUT2D eigenvalue weighted by molar-refractivity contribution is 5.45. The van der Waals surface area contributed by atoms with Gasteiger partial charge in [0.1, 0.15) is 11.5 Å². The van der Waals surface area contributed by atoms with Gasteiger partial charge in [-0.05, 0) is 47.2 Å². The van der Waals surface area contributed by atoms with Crippen LogP contribution in [-0.4, -0.2) is 10.2 Å². The summed E-state index contributed by atoms with van der Waals surface area (Å²) in [6.07, 6.45) is 2.38. The van der Waals surface area contributed by atoms with Gasteiger partial charge in [0.05, 0.1) is 0 Å². The van der Waals surface area contributed by atoms with Crippen LogP contribution in [0.5, 0.6) is 11.5 Å². The molecule has 0 saturated carbocycles. The quantitative estimate of drug-likeness (QED) is 0.873. The molecule has 0 radical (unpaired) electrons. The van der Waals surface area contributed by atoms with Crippen LogP contribution in [-0.2, 0) is 19.3 Å². The van der Waals surface area contributed by atoms with Crippen LogP contribution < -0.4 is 0 Å². The third-order valence-corrected chi connectivity index (χ3v) is 3.54. The Morgan fingerprint density at radius 3 is 2.05 bits per heavy atom. The molecule has 2 heteroatoms. The molecule has 0 saturated heterocycles. The van der Waals surface area contributed by atoms with E-state index in [1.165, 1.54) is 5.56 Å². The molecule has 0 amide bonds. The van der Waals surface area contributed by atoms with Crippen LogP contribution in [0.4, 0.5) is 0 Å². The second-order valence-electron chi connectivity index (χ2n) is 4.76. The van der Waals surface area contributed by atoms with E-state index >= 15 is 0 Å². The minimum Gasteiger partial charge on any atom is -0.508 e. The second-order valence-corrected chi connectivity index (χ2v) is 4.76. The molecular weight excluding hydrogens is 236 g/mol. The zero-order valence-electron chi connectivity index (χ0n) is 11.5. The van der Waals surface area contributed by atoms with Crippen LogP contribution in [0.2, 0.25) is 0 Å². The van der Waals surface area contributed by atoms with E-state index in [9.17, 15) is 10.2 Å². The average Bonchev–Trinajstić information content (AvgIpc) is 2.42. The van der Waals surface area contributed by atoms with E-state index in [-0.39, 0.29) is 0 Å². The molecule has 0 bridgehead atoms. The Bertz CT molecular complexity index is 573. The minimum atomic E-state index is 0.329. The van der Waals surface area contributed by atoms with Gasteiger partial charge in [-0.25, -0.2) is 0 Å². The maximum absolute atomic E-state index is 9.92. The number of aromatic hydroxyl groups is 2. The van der Waals surface area contributed by atoms with E-state index in [1.54, 1.807) is 6.07 Å². The monoisotopic (exact) mass is 256 g/mol. The average molecular weight is 256 g/mol. The van der Waals surface area contributed by atoms with Gasteiger partial charge in [0.25, 0.3) is 0 Å². The number of para-hydroxylation sites is 1. The van der Waals surface area contributed by atoms with E-state index in [4.69, 9.17) is 0 Å². The molecule has 0 fully saturated rings. The van der Waals surface area contributed by atoms with Crippen LogP contribution >= 0.6 is 0 Å². The first kappa shape index (κ1) is 13.5. The highest BCUT2D eigenvalue weighted by Gasteiger charge is 2.09. The lowest BCUT2D eigenvalue weighted by molar-refractivity contribution is 0.467. The standard InChI is InChI=1S/C17H20O2/c1-3-12-11-17(19)13(4-2)9-15(12)10-14-7-5-6-8-16(14)18/h5-9,11,18-19H,3-4,10H2,1-2H3. The topological polar surface area (TPSA) is 40.5 Å². The van der Waals surface area contributed by atoms with Gasteiger partial charge in [0.15, 0.2) is 0 Å². The molecule has 19 heavy (non-hydrogen) atoms. The zero-order chi connectivity index (χ0) is 13.8. The zero-order valence-corrected chi connectivity index (χ0v) is 11.5. The first-order chi connectivity index (χ1) is 9.15. The van der Waals surface area contributed by atoms with Crippen molar-refractivity contribution in [2.45, 2.75) is 33.1 Å². The third-order valence-electron chi connectivity index (χ3n) is 3.54. The van der Waals surface area contributed by atoms with Crippen molar-refractivity contribution in [3.05, 3.63) is 58.7 Å². The fourth-order valence-corrected chi connectivity index (χ4v) is 2.37. The summed E-state index contributed by atoms with van der Waals surface area (Å²) in [4.78, 5) is 0. The molecule has 0 atom stereocenters. The van der Waals surface area contributed by atoms with Crippen LogP contribution in [0.25, 0.3) is 0 Å². The van der Waals surface area contributed by atoms with Gasteiger partial charge in [0.2, 0.25) is 0 Å². The molecule has 2 aromatic rings. The van der Waals surface area contributed by atoms with Gasteiger partial charge >= 0.3 is 0 Å². The lowest BCUT2D eigenvalue weighted by Gasteiger charge is -2.13. The molecule has 0 aliphatic heterocycles. The number of benzene rings is 2. The van der Waals surface area contributed by atoms with Gasteiger partial charge in [-0.2, -0.15) is 0 Å². The Hall–Kier alpha value is -1.96. The number of phenolic OH excluding ortho intramolecular Hbond substituents is 2. The van der Waals surface area contributed by atoms with Crippen molar-refractivity contribution >= 4 is 0 Å². The number of aryl methyl sites for hydroxylation is 2. The molecule has 2 N–H and O–H groups in total. The normalized spacial score (nSPS) is 10.6. The van der Waals surface area contributed by atoms with Crippen LogP contribution in [0.1, 0.15) is 36.1 Å². The smallest absolute Gasteiger partial charge is 0.119 e. The summed E-state index contributed by atoms with van der Waals surface area (Å²) in [7, 11) is 0. The predicted molar refractivity (Wildman–Crippen MR) is 77.8 cm³/mol. The molecule has 0 heterocycles. The second kappa shape index (κ2) is 5.79. The maximum Gasteiger partial charge on any atom is 0.119 e. The molecule has 0 unspecified atom stereocenters. The van der Waals surface area contributed by atoms with Crippen molar-refractivity contribution in [3.63, 3.8) is 0 Å². The van der Waals surface area contributed by atoms with Gasteiger partial charge < -0.3 is 10.2 Å². The maximum atomic E-state index is 9.92. The van der Waals surface area contributed by atoms with Crippen molar-refractivity contribution in [3.8, 4) is 11.5 Å². The molecule has 2 rings (SSSR count). The number of hydrogen-bond donors (Lipinski definition) is 2. The lowest BCUT2D eigenvalue weighted by atomic mass is 9.94. The summed E-state index contributed by atoms with van der Waals surface area (Å²) in [5, 5.41) is 19.8. The van der Waals surface area contributed by atoms with Gasteiger partial charge in [-0.1, -0.05) is 38.1 Å². The molecular formula is C17H20O2. The SMILES string of the molecule is CCc1cc(Cc2ccccc2O)c(CC)cc1O. The van der Waals surface area contributed by atoms with E-state index in [0.29, 0.717) is 17.9 Å². The van der Waals surface area contributed by atoms with E-state index in [1.807, 2.05) is 31.2 Å². The fraction of sp³-hybridized carbons (Fsp3) is 0.294. The van der Waals surface area contributed by atoms with Crippen LogP contribution in [0.3, 0.4) is 0 Å². The van der Waals surface area contributed by atoms with E-state index in [2.05, 4.69) is 13.0 Å². The number of rotatable bonds is 4. The van der Waals surface area contributed by atoms with Crippen LogP contribution in [0.15, 0.2) is 36.4 Å². The Morgan fingerprint density at radius 2 is 1.42 bits per heavy atom. The molecule has 0 aliphatic rings. The molecule has 100 valence electrons. The largest absolute Gasteiger partial charge is 0.508 e. The minimum absolute atomic E-state index is 0.329. The molecule has 0 aliphatic carbocycles. The van der Waals surface area contributed by atoms with Crippen LogP contribution in [0, 0.1) is 0 Å². The summed E-state index contributed by atoms with van der Waals surface area (Å²) in [5.74, 6) is 0.705. The molecule has 2 nitrogen and oxygen atoms in total. The fourth-order valence-electron chi connectivity index (χ4n) is 2.37. The Morgan fingerprint density at radius 1 is 0.737 bits per heavy atom. The summed E-state index contributed by atoms with van der Waals surface area (Å²) in [6, 6.07) is 11.3. The highest BCUT2D eigenvalue weighted by Crippen LogP contribution is 2.27. The Balaban J connectivity index is 2.41. The van der Waals surface area contributed by atoms with E-state index in [0.717, 1.165) is 29.5 Å². The van der Waals surface area contributed by atoms with Crippen molar-refractivity contribution in [2.75, 3.05) is 0 Å². The first-order valence-electron chi connectivity index (χ1n) is 6.76. The van der Waals surface area contributed by atoms with Crippen molar-refractivity contribution in [2.24, 2.45) is 0 Å². The summed E-state index contributed by atoms with van der Waals surface area (Å²) in [6.45, 7) is 4.11. The van der Waals surface area contributed by atoms with Gasteiger partial charge in [0, 0.05) is 6.42 Å². The Labute approximate surface area is 114 Å². The van der Waals surface area contributed by atoms with Gasteiger partial charge in [-0.3, -0.25) is 0 Å². The molecule has 0 spiro atoms. The third kappa shape index (κ3) is 2.90. The van der Waals surface area contributed by atoms with E-state index < -0.39 is 0 Å². The summed E-state index contributed by atoms with van der Waals surface area (Å²) >= 11 is 0. The summed E-state index contributed by atoms with van der Waals surface area (Å²) in [5.41, 5.74) is 4.20. The number of phenols is 2. The highest BCUT2D eigenvalue weighted by atomic mass is 16.3. The van der Waals surface area contributed by atoms with Gasteiger partial charge in [-0.15, -0.1) is 0 Å². The van der Waals surface area contributed by atoms with Crippen molar-refractivity contribution in [1.29, 1.82) is 0 Å². The Kier molecular flexibility index (Phi) is 4.10. The lowest BCUT2D eigenvalue weighted by Crippen LogP contribution is -1.97. The molecule has 0 aromatic heterocycles. The first-order valence-corrected chi connectivity index (χ1v) is 6.76. The molecule has 2 aromatic carbocycles.